The minimum atomic E-state index is 0.652. The number of fused-ring (bicyclic) bond motifs is 1. The number of anilines is 1. The number of methoxy groups -OCH3 is 1. The molecule has 0 bridgehead atoms. The Morgan fingerprint density at radius 3 is 3.00 bits per heavy atom. The summed E-state index contributed by atoms with van der Waals surface area (Å²) in [6, 6.07) is 11.5. The molecule has 0 saturated carbocycles. The highest BCUT2D eigenvalue weighted by molar-refractivity contribution is 6.30. The van der Waals surface area contributed by atoms with Gasteiger partial charge >= 0.3 is 0 Å². The van der Waals surface area contributed by atoms with Crippen LogP contribution in [0.25, 0.3) is 5.69 Å². The summed E-state index contributed by atoms with van der Waals surface area (Å²) in [4.78, 5) is 4.41. The Balaban J connectivity index is 1.81. The third-order valence-corrected chi connectivity index (χ3v) is 4.41. The molecule has 3 aromatic rings. The van der Waals surface area contributed by atoms with Gasteiger partial charge in [-0.05, 0) is 36.8 Å². The van der Waals surface area contributed by atoms with Gasteiger partial charge < -0.3 is 10.1 Å². The Bertz CT molecular complexity index is 876. The second-order valence-electron chi connectivity index (χ2n) is 5.68. The van der Waals surface area contributed by atoms with Crippen molar-refractivity contribution in [3.8, 4) is 11.4 Å². The van der Waals surface area contributed by atoms with Gasteiger partial charge in [0, 0.05) is 35.4 Å². The fourth-order valence-corrected chi connectivity index (χ4v) is 3.23. The van der Waals surface area contributed by atoms with Crippen LogP contribution in [0.1, 0.15) is 17.0 Å². The molecule has 0 saturated heterocycles. The third-order valence-electron chi connectivity index (χ3n) is 4.18. The van der Waals surface area contributed by atoms with Crippen LogP contribution < -0.4 is 10.1 Å². The topological polar surface area (TPSA) is 52.0 Å². The molecular weight excluding hydrogens is 324 g/mol. The van der Waals surface area contributed by atoms with Gasteiger partial charge in [-0.3, -0.25) is 4.98 Å². The fourth-order valence-electron chi connectivity index (χ4n) is 3.07. The SMILES string of the molecule is COc1ccc(Cl)cc1-n1nc(Cc2ccccn2)c2c1NCC2. The standard InChI is InChI=1S/C18H17ClN4O/c1-24-17-6-5-12(19)10-16(17)23-18-14(7-9-21-18)15(22-23)11-13-4-2-3-8-20-13/h2-6,8,10,21H,7,9,11H2,1H3. The summed E-state index contributed by atoms with van der Waals surface area (Å²) in [5, 5.41) is 8.90. The second kappa shape index (κ2) is 6.17. The third kappa shape index (κ3) is 2.61. The van der Waals surface area contributed by atoms with Crippen LogP contribution in [0.5, 0.6) is 5.75 Å². The van der Waals surface area contributed by atoms with Crippen molar-refractivity contribution < 1.29 is 4.74 Å². The van der Waals surface area contributed by atoms with E-state index in [2.05, 4.69) is 10.3 Å². The average Bonchev–Trinajstić information content (AvgIpc) is 3.20. The van der Waals surface area contributed by atoms with E-state index in [4.69, 9.17) is 21.4 Å². The normalized spacial score (nSPS) is 12.8. The predicted octanol–water partition coefficient (Wildman–Crippen LogP) is 3.49. The number of hydrogen-bond acceptors (Lipinski definition) is 4. The first-order valence-corrected chi connectivity index (χ1v) is 8.22. The molecule has 1 aliphatic heterocycles. The van der Waals surface area contributed by atoms with Gasteiger partial charge in [-0.25, -0.2) is 4.68 Å². The zero-order valence-corrected chi connectivity index (χ0v) is 14.0. The van der Waals surface area contributed by atoms with Crippen LogP contribution in [-0.4, -0.2) is 28.4 Å². The van der Waals surface area contributed by atoms with E-state index >= 15 is 0 Å². The maximum absolute atomic E-state index is 6.18. The zero-order valence-electron chi connectivity index (χ0n) is 13.3. The molecule has 0 fully saturated rings. The second-order valence-corrected chi connectivity index (χ2v) is 6.11. The van der Waals surface area contributed by atoms with Gasteiger partial charge in [0.05, 0.1) is 12.8 Å². The molecule has 1 N–H and O–H groups in total. The molecule has 1 aliphatic rings. The van der Waals surface area contributed by atoms with Crippen molar-refractivity contribution in [3.63, 3.8) is 0 Å². The zero-order chi connectivity index (χ0) is 16.5. The van der Waals surface area contributed by atoms with Crippen molar-refractivity contribution in [2.24, 2.45) is 0 Å². The maximum Gasteiger partial charge on any atom is 0.144 e. The molecule has 6 heteroatoms. The highest BCUT2D eigenvalue weighted by Gasteiger charge is 2.24. The lowest BCUT2D eigenvalue weighted by atomic mass is 10.1. The van der Waals surface area contributed by atoms with Crippen LogP contribution in [0.3, 0.4) is 0 Å². The first-order chi connectivity index (χ1) is 11.8. The molecule has 2 aromatic heterocycles. The van der Waals surface area contributed by atoms with E-state index in [0.29, 0.717) is 11.4 Å². The smallest absolute Gasteiger partial charge is 0.144 e. The molecule has 0 spiro atoms. The van der Waals surface area contributed by atoms with Crippen LogP contribution in [-0.2, 0) is 12.8 Å². The number of nitrogens with zero attached hydrogens (tertiary/aromatic N) is 3. The monoisotopic (exact) mass is 340 g/mol. The van der Waals surface area contributed by atoms with E-state index in [9.17, 15) is 0 Å². The van der Waals surface area contributed by atoms with E-state index < -0.39 is 0 Å². The highest BCUT2D eigenvalue weighted by Crippen LogP contribution is 2.34. The average molecular weight is 341 g/mol. The van der Waals surface area contributed by atoms with Crippen molar-refractivity contribution in [1.82, 2.24) is 14.8 Å². The first-order valence-electron chi connectivity index (χ1n) is 7.84. The van der Waals surface area contributed by atoms with Gasteiger partial charge in [-0.15, -0.1) is 0 Å². The molecule has 0 radical (unpaired) electrons. The quantitative estimate of drug-likeness (QED) is 0.790. The summed E-state index contributed by atoms with van der Waals surface area (Å²) in [6.07, 6.45) is 3.48. The van der Waals surface area contributed by atoms with Crippen molar-refractivity contribution in [2.45, 2.75) is 12.8 Å². The molecule has 5 nitrogen and oxygen atoms in total. The molecule has 0 aliphatic carbocycles. The molecule has 1 aromatic carbocycles. The minimum Gasteiger partial charge on any atom is -0.494 e. The van der Waals surface area contributed by atoms with Crippen LogP contribution >= 0.6 is 11.6 Å². The van der Waals surface area contributed by atoms with E-state index in [1.807, 2.05) is 47.3 Å². The summed E-state index contributed by atoms with van der Waals surface area (Å²) in [6.45, 7) is 0.908. The molecule has 3 heterocycles. The number of halogens is 1. The van der Waals surface area contributed by atoms with Gasteiger partial charge in [0.2, 0.25) is 0 Å². The highest BCUT2D eigenvalue weighted by atomic mass is 35.5. The van der Waals surface area contributed by atoms with E-state index in [1.54, 1.807) is 7.11 Å². The van der Waals surface area contributed by atoms with Crippen LogP contribution in [0.2, 0.25) is 5.02 Å². The molecule has 24 heavy (non-hydrogen) atoms. The Kier molecular flexibility index (Phi) is 3.86. The Morgan fingerprint density at radius 1 is 1.29 bits per heavy atom. The van der Waals surface area contributed by atoms with Crippen LogP contribution in [0.15, 0.2) is 42.6 Å². The van der Waals surface area contributed by atoms with Gasteiger partial charge in [0.15, 0.2) is 0 Å². The molecule has 4 rings (SSSR count). The largest absolute Gasteiger partial charge is 0.494 e. The Hall–Kier alpha value is -2.53. The number of ether oxygens (including phenoxy) is 1. The van der Waals surface area contributed by atoms with E-state index in [0.717, 1.165) is 41.6 Å². The van der Waals surface area contributed by atoms with Crippen LogP contribution in [0, 0.1) is 0 Å². The predicted molar refractivity (Wildman–Crippen MR) is 94.4 cm³/mol. The Morgan fingerprint density at radius 2 is 2.21 bits per heavy atom. The molecule has 122 valence electrons. The van der Waals surface area contributed by atoms with Gasteiger partial charge in [-0.1, -0.05) is 17.7 Å². The molecular formula is C18H17ClN4O. The number of rotatable bonds is 4. The number of aromatic nitrogens is 3. The van der Waals surface area contributed by atoms with Gasteiger partial charge in [0.25, 0.3) is 0 Å². The van der Waals surface area contributed by atoms with Gasteiger partial charge in [-0.2, -0.15) is 5.10 Å². The molecule has 0 amide bonds. The minimum absolute atomic E-state index is 0.652. The summed E-state index contributed by atoms with van der Waals surface area (Å²) in [5.41, 5.74) is 4.12. The van der Waals surface area contributed by atoms with Gasteiger partial charge in [0.1, 0.15) is 17.3 Å². The summed E-state index contributed by atoms with van der Waals surface area (Å²) >= 11 is 6.18. The number of nitrogens with one attached hydrogen (secondary N) is 1. The van der Waals surface area contributed by atoms with E-state index in [1.165, 1.54) is 5.56 Å². The Labute approximate surface area is 145 Å². The number of benzene rings is 1. The number of pyridine rings is 1. The van der Waals surface area contributed by atoms with E-state index in [-0.39, 0.29) is 0 Å². The van der Waals surface area contributed by atoms with Crippen molar-refractivity contribution in [1.29, 1.82) is 0 Å². The maximum atomic E-state index is 6.18. The molecule has 0 unspecified atom stereocenters. The summed E-state index contributed by atoms with van der Waals surface area (Å²) in [5.74, 6) is 1.75. The lowest BCUT2D eigenvalue weighted by Crippen LogP contribution is -2.06. The van der Waals surface area contributed by atoms with Crippen LogP contribution in [0.4, 0.5) is 5.82 Å². The summed E-state index contributed by atoms with van der Waals surface area (Å²) < 4.78 is 7.38. The fraction of sp³-hybridized carbons (Fsp3) is 0.222. The number of hydrogen-bond donors (Lipinski definition) is 1. The first kappa shape index (κ1) is 15.0. The van der Waals surface area contributed by atoms with Crippen molar-refractivity contribution >= 4 is 17.4 Å². The van der Waals surface area contributed by atoms with Crippen molar-refractivity contribution in [2.75, 3.05) is 19.0 Å². The lowest BCUT2D eigenvalue weighted by Gasteiger charge is -2.11. The summed E-state index contributed by atoms with van der Waals surface area (Å²) in [7, 11) is 1.65. The molecule has 0 atom stereocenters. The lowest BCUT2D eigenvalue weighted by molar-refractivity contribution is 0.412. The van der Waals surface area contributed by atoms with Crippen molar-refractivity contribution in [3.05, 3.63) is 64.6 Å².